The third kappa shape index (κ3) is 3.56. The van der Waals surface area contributed by atoms with E-state index in [0.717, 1.165) is 30.0 Å². The second kappa shape index (κ2) is 8.01. The van der Waals surface area contributed by atoms with Crippen molar-refractivity contribution in [1.82, 2.24) is 19.9 Å². The molecule has 0 bridgehead atoms. The molecule has 0 saturated heterocycles. The Morgan fingerprint density at radius 1 is 1.16 bits per heavy atom. The number of hydrogen-bond acceptors (Lipinski definition) is 8. The number of likely N-dealkylation sites (N-methyl/N-ethyl adjacent to an activating group) is 1. The molecular formula is C28H28FN7O. The van der Waals surface area contributed by atoms with Crippen molar-refractivity contribution in [3.05, 3.63) is 59.2 Å². The summed E-state index contributed by atoms with van der Waals surface area (Å²) < 4.78 is 21.1. The van der Waals surface area contributed by atoms with Gasteiger partial charge in [0.25, 0.3) is 0 Å². The van der Waals surface area contributed by atoms with Gasteiger partial charge in [0.1, 0.15) is 12.3 Å². The first-order valence-electron chi connectivity index (χ1n) is 12.6. The van der Waals surface area contributed by atoms with Crippen LogP contribution in [0.5, 0.6) is 5.88 Å². The molecule has 3 aliphatic rings. The molecule has 8 nitrogen and oxygen atoms in total. The van der Waals surface area contributed by atoms with Crippen LogP contribution in [0.25, 0.3) is 22.0 Å². The van der Waals surface area contributed by atoms with Gasteiger partial charge in [0.15, 0.2) is 5.82 Å². The SMILES string of the molecule is Cc1c(-c2cc3nc(Nc4ccc5c(c4)CN(C)CC54CC4)ncc3c(N)c2F)cnc2c1NCCO2. The van der Waals surface area contributed by atoms with E-state index in [0.29, 0.717) is 52.4 Å². The summed E-state index contributed by atoms with van der Waals surface area (Å²) in [6.45, 7) is 5.19. The molecule has 188 valence electrons. The van der Waals surface area contributed by atoms with Crippen LogP contribution in [0.15, 0.2) is 36.7 Å². The molecule has 2 aromatic heterocycles. The smallest absolute Gasteiger partial charge is 0.237 e. The van der Waals surface area contributed by atoms with E-state index in [4.69, 9.17) is 15.5 Å². The van der Waals surface area contributed by atoms with Gasteiger partial charge in [-0.2, -0.15) is 0 Å². The maximum atomic E-state index is 15.5. The van der Waals surface area contributed by atoms with Crippen molar-refractivity contribution < 1.29 is 9.13 Å². The van der Waals surface area contributed by atoms with Crippen LogP contribution in [0.1, 0.15) is 29.5 Å². The Hall–Kier alpha value is -3.98. The van der Waals surface area contributed by atoms with Gasteiger partial charge in [-0.25, -0.2) is 19.3 Å². The largest absolute Gasteiger partial charge is 0.474 e. The summed E-state index contributed by atoms with van der Waals surface area (Å²) in [5.74, 6) is 0.454. The summed E-state index contributed by atoms with van der Waals surface area (Å²) in [5, 5.41) is 7.11. The number of ether oxygens (including phenoxy) is 1. The molecule has 9 heteroatoms. The highest BCUT2D eigenvalue weighted by atomic mass is 19.1. The number of fused-ring (bicyclic) bond motifs is 4. The zero-order chi connectivity index (χ0) is 25.3. The van der Waals surface area contributed by atoms with Crippen LogP contribution in [0.4, 0.5) is 27.4 Å². The molecule has 4 N–H and O–H groups in total. The molecule has 0 radical (unpaired) electrons. The normalized spacial score (nSPS) is 17.6. The summed E-state index contributed by atoms with van der Waals surface area (Å²) in [7, 11) is 2.18. The van der Waals surface area contributed by atoms with Crippen LogP contribution in [0.3, 0.4) is 0 Å². The number of aromatic nitrogens is 3. The number of benzene rings is 2. The molecule has 0 atom stereocenters. The van der Waals surface area contributed by atoms with Crippen molar-refractivity contribution in [3.63, 3.8) is 0 Å². The molecule has 1 fully saturated rings. The Bertz CT molecular complexity index is 1580. The van der Waals surface area contributed by atoms with Crippen molar-refractivity contribution in [3.8, 4) is 17.0 Å². The van der Waals surface area contributed by atoms with Crippen molar-refractivity contribution in [2.24, 2.45) is 0 Å². The number of pyridine rings is 1. The molecular weight excluding hydrogens is 469 g/mol. The highest BCUT2D eigenvalue weighted by Gasteiger charge is 2.48. The number of nitrogen functional groups attached to an aromatic ring is 1. The van der Waals surface area contributed by atoms with Crippen LogP contribution in [-0.2, 0) is 12.0 Å². The van der Waals surface area contributed by atoms with Gasteiger partial charge in [-0.15, -0.1) is 0 Å². The van der Waals surface area contributed by atoms with Gasteiger partial charge in [-0.1, -0.05) is 6.07 Å². The number of anilines is 4. The van der Waals surface area contributed by atoms with E-state index < -0.39 is 5.82 Å². The average molecular weight is 498 g/mol. The molecule has 0 unspecified atom stereocenters. The number of nitrogens with zero attached hydrogens (tertiary/aromatic N) is 4. The minimum Gasteiger partial charge on any atom is -0.474 e. The van der Waals surface area contributed by atoms with Crippen LogP contribution in [0.2, 0.25) is 0 Å². The molecule has 4 aromatic rings. The predicted octanol–water partition coefficient (Wildman–Crippen LogP) is 4.75. The molecule has 4 heterocycles. The van der Waals surface area contributed by atoms with Crippen LogP contribution in [0, 0.1) is 12.7 Å². The van der Waals surface area contributed by atoms with Gasteiger partial charge >= 0.3 is 0 Å². The molecule has 2 aliphatic heterocycles. The fraction of sp³-hybridized carbons (Fsp3) is 0.321. The summed E-state index contributed by atoms with van der Waals surface area (Å²) in [5.41, 5.74) is 13.5. The van der Waals surface area contributed by atoms with E-state index in [2.05, 4.69) is 50.7 Å². The monoisotopic (exact) mass is 497 g/mol. The van der Waals surface area contributed by atoms with Crippen LogP contribution in [-0.4, -0.2) is 46.6 Å². The lowest BCUT2D eigenvalue weighted by molar-refractivity contribution is 0.271. The van der Waals surface area contributed by atoms with E-state index in [9.17, 15) is 0 Å². The quantitative estimate of drug-likeness (QED) is 0.349. The highest BCUT2D eigenvalue weighted by Crippen LogP contribution is 2.52. The number of nitrogens with two attached hydrogens (primary N) is 1. The molecule has 1 spiro atoms. The lowest BCUT2D eigenvalue weighted by Crippen LogP contribution is -2.35. The van der Waals surface area contributed by atoms with Crippen LogP contribution >= 0.6 is 0 Å². The summed E-state index contributed by atoms with van der Waals surface area (Å²) in [6.07, 6.45) is 5.72. The third-order valence-electron chi connectivity index (χ3n) is 7.90. The first kappa shape index (κ1) is 22.2. The third-order valence-corrected chi connectivity index (χ3v) is 7.90. The lowest BCUT2D eigenvalue weighted by Gasteiger charge is -2.32. The van der Waals surface area contributed by atoms with Gasteiger partial charge in [-0.3, -0.25) is 0 Å². The Morgan fingerprint density at radius 3 is 2.86 bits per heavy atom. The van der Waals surface area contributed by atoms with Gasteiger partial charge in [0, 0.05) is 59.6 Å². The summed E-state index contributed by atoms with van der Waals surface area (Å²) in [6, 6.07) is 8.25. The Balaban J connectivity index is 1.26. The number of rotatable bonds is 3. The molecule has 1 saturated carbocycles. The standard InChI is InChI=1S/C28H28FN7O/c1-15-19(11-32-26-25(15)31-7-8-37-26)18-10-22-20(24(30)23(18)29)12-33-27(35-22)34-17-3-4-21-16(9-17)13-36(2)14-28(21)5-6-28/h3-4,9-12,31H,5-8,13-14,30H2,1-2H3,(H,33,34,35). The van der Waals surface area contributed by atoms with E-state index in [-0.39, 0.29) is 5.69 Å². The van der Waals surface area contributed by atoms with E-state index in [1.54, 1.807) is 18.5 Å². The van der Waals surface area contributed by atoms with E-state index in [1.165, 1.54) is 24.0 Å². The van der Waals surface area contributed by atoms with Gasteiger partial charge in [-0.05, 0) is 61.7 Å². The number of nitrogens with one attached hydrogen (secondary N) is 2. The first-order valence-corrected chi connectivity index (χ1v) is 12.6. The Morgan fingerprint density at radius 2 is 2.03 bits per heavy atom. The first-order chi connectivity index (χ1) is 17.9. The fourth-order valence-corrected chi connectivity index (χ4v) is 5.90. The molecule has 37 heavy (non-hydrogen) atoms. The summed E-state index contributed by atoms with van der Waals surface area (Å²) >= 11 is 0. The Labute approximate surface area is 214 Å². The van der Waals surface area contributed by atoms with Crippen molar-refractivity contribution in [2.45, 2.75) is 31.7 Å². The second-order valence-electron chi connectivity index (χ2n) is 10.5. The zero-order valence-electron chi connectivity index (χ0n) is 20.9. The minimum atomic E-state index is -0.508. The molecule has 1 aliphatic carbocycles. The highest BCUT2D eigenvalue weighted by molar-refractivity contribution is 5.96. The minimum absolute atomic E-state index is 0.0203. The van der Waals surface area contributed by atoms with Gasteiger partial charge in [0.05, 0.1) is 11.2 Å². The van der Waals surface area contributed by atoms with Crippen LogP contribution < -0.4 is 21.1 Å². The fourth-order valence-electron chi connectivity index (χ4n) is 5.90. The van der Waals surface area contributed by atoms with E-state index in [1.807, 2.05) is 6.92 Å². The molecule has 2 aromatic carbocycles. The van der Waals surface area contributed by atoms with Gasteiger partial charge < -0.3 is 26.0 Å². The predicted molar refractivity (Wildman–Crippen MR) is 143 cm³/mol. The van der Waals surface area contributed by atoms with Crippen molar-refractivity contribution >= 4 is 33.9 Å². The average Bonchev–Trinajstić information content (AvgIpc) is 3.66. The lowest BCUT2D eigenvalue weighted by atomic mass is 9.87. The van der Waals surface area contributed by atoms with Gasteiger partial charge in [0.2, 0.25) is 11.8 Å². The van der Waals surface area contributed by atoms with E-state index >= 15 is 4.39 Å². The topological polar surface area (TPSA) is 101 Å². The molecule has 0 amide bonds. The maximum absolute atomic E-state index is 15.5. The Kier molecular flexibility index (Phi) is 4.81. The molecule has 7 rings (SSSR count). The summed E-state index contributed by atoms with van der Waals surface area (Å²) in [4.78, 5) is 15.9. The zero-order valence-corrected chi connectivity index (χ0v) is 20.9. The number of halogens is 1. The number of hydrogen-bond donors (Lipinski definition) is 3. The maximum Gasteiger partial charge on any atom is 0.237 e. The second-order valence-corrected chi connectivity index (χ2v) is 10.5. The van der Waals surface area contributed by atoms with Crippen molar-refractivity contribution in [2.75, 3.05) is 43.1 Å². The van der Waals surface area contributed by atoms with Crippen molar-refractivity contribution in [1.29, 1.82) is 0 Å².